The summed E-state index contributed by atoms with van der Waals surface area (Å²) < 4.78 is 7.38. The fraction of sp³-hybridized carbons (Fsp3) is 0.174. The van der Waals surface area contributed by atoms with E-state index in [4.69, 9.17) is 4.74 Å². The molecule has 0 fully saturated rings. The molecule has 2 heterocycles. The largest absolute Gasteiger partial charge is 0.497 e. The summed E-state index contributed by atoms with van der Waals surface area (Å²) >= 11 is 1.55. The molecule has 2 aromatic carbocycles. The van der Waals surface area contributed by atoms with Crippen LogP contribution in [-0.2, 0) is 17.9 Å². The van der Waals surface area contributed by atoms with Gasteiger partial charge in [0.25, 0.3) is 5.56 Å². The molecule has 9 nitrogen and oxygen atoms in total. The molecular weight excluding hydrogens is 442 g/mol. The van der Waals surface area contributed by atoms with Crippen LogP contribution in [0.3, 0.4) is 0 Å². The molecule has 0 unspecified atom stereocenters. The minimum atomic E-state index is -0.642. The topological polar surface area (TPSA) is 108 Å². The summed E-state index contributed by atoms with van der Waals surface area (Å²) in [7, 11) is 1.56. The minimum Gasteiger partial charge on any atom is -0.497 e. The van der Waals surface area contributed by atoms with E-state index in [1.165, 1.54) is 17.0 Å². The molecule has 0 atom stereocenters. The molecule has 0 saturated carbocycles. The van der Waals surface area contributed by atoms with Crippen LogP contribution in [0.25, 0.3) is 11.2 Å². The third kappa shape index (κ3) is 4.80. The van der Waals surface area contributed by atoms with Crippen LogP contribution < -0.4 is 21.3 Å². The van der Waals surface area contributed by atoms with E-state index in [0.717, 1.165) is 15.0 Å². The van der Waals surface area contributed by atoms with Crippen LogP contribution in [0.2, 0.25) is 0 Å². The van der Waals surface area contributed by atoms with Gasteiger partial charge in [0.1, 0.15) is 12.3 Å². The Balaban J connectivity index is 1.71. The maximum absolute atomic E-state index is 13.3. The standard InChI is InChI=1S/C23H21N5O4S/c1-32-17-8-6-15(7-9-17)13-28-22(30)20-21(25-11-10-24-20)27(23(28)31)14-19(29)26-16-4-3-5-18(12-16)33-2/h3-12H,13-14H2,1-2H3,(H,26,29). The highest BCUT2D eigenvalue weighted by molar-refractivity contribution is 7.98. The molecule has 10 heteroatoms. The van der Waals surface area contributed by atoms with Crippen molar-refractivity contribution in [1.29, 1.82) is 0 Å². The summed E-state index contributed by atoms with van der Waals surface area (Å²) in [6.07, 6.45) is 4.70. The Morgan fingerprint density at radius 1 is 1.06 bits per heavy atom. The molecule has 0 spiro atoms. The predicted octanol–water partition coefficient (Wildman–Crippen LogP) is 2.37. The van der Waals surface area contributed by atoms with E-state index >= 15 is 0 Å². The Labute approximate surface area is 193 Å². The summed E-state index contributed by atoms with van der Waals surface area (Å²) in [6, 6.07) is 14.4. The Bertz CT molecular complexity index is 1430. The van der Waals surface area contributed by atoms with Gasteiger partial charge in [0.05, 0.1) is 13.7 Å². The van der Waals surface area contributed by atoms with Gasteiger partial charge in [0.15, 0.2) is 11.2 Å². The third-order valence-corrected chi connectivity index (χ3v) is 5.72. The van der Waals surface area contributed by atoms with Crippen molar-refractivity contribution in [3.8, 4) is 5.75 Å². The Kier molecular flexibility index (Phi) is 6.55. The van der Waals surface area contributed by atoms with Crippen molar-refractivity contribution < 1.29 is 9.53 Å². The van der Waals surface area contributed by atoms with Gasteiger partial charge in [-0.15, -0.1) is 11.8 Å². The van der Waals surface area contributed by atoms with Crippen molar-refractivity contribution in [2.75, 3.05) is 18.7 Å². The van der Waals surface area contributed by atoms with E-state index in [0.29, 0.717) is 11.4 Å². The summed E-state index contributed by atoms with van der Waals surface area (Å²) in [5.41, 5.74) is 0.208. The number of nitrogens with one attached hydrogen (secondary N) is 1. The van der Waals surface area contributed by atoms with Gasteiger partial charge in [-0.3, -0.25) is 18.7 Å². The highest BCUT2D eigenvalue weighted by Crippen LogP contribution is 2.19. The first-order valence-electron chi connectivity index (χ1n) is 10.0. The molecule has 4 aromatic rings. The third-order valence-electron chi connectivity index (χ3n) is 5.00. The van der Waals surface area contributed by atoms with Crippen LogP contribution in [0.4, 0.5) is 5.69 Å². The van der Waals surface area contributed by atoms with Gasteiger partial charge in [-0.25, -0.2) is 14.8 Å². The van der Waals surface area contributed by atoms with Crippen molar-refractivity contribution in [2.24, 2.45) is 0 Å². The Morgan fingerprint density at radius 2 is 1.82 bits per heavy atom. The van der Waals surface area contributed by atoms with E-state index in [9.17, 15) is 14.4 Å². The van der Waals surface area contributed by atoms with E-state index < -0.39 is 17.2 Å². The molecule has 1 N–H and O–H groups in total. The fourth-order valence-electron chi connectivity index (χ4n) is 3.37. The average Bonchev–Trinajstić information content (AvgIpc) is 2.85. The molecule has 1 amide bonds. The number of ether oxygens (including phenoxy) is 1. The SMILES string of the molecule is COc1ccc(Cn2c(=O)c3nccnc3n(CC(=O)Nc3cccc(SC)c3)c2=O)cc1. The molecule has 0 aliphatic carbocycles. The van der Waals surface area contributed by atoms with Gasteiger partial charge in [0, 0.05) is 23.0 Å². The number of thioether (sulfide) groups is 1. The van der Waals surface area contributed by atoms with Crippen molar-refractivity contribution in [2.45, 2.75) is 18.0 Å². The lowest BCUT2D eigenvalue weighted by atomic mass is 10.2. The summed E-state index contributed by atoms with van der Waals surface area (Å²) in [6.45, 7) is -0.300. The van der Waals surface area contributed by atoms with Gasteiger partial charge in [-0.2, -0.15) is 0 Å². The zero-order valence-electron chi connectivity index (χ0n) is 18.0. The number of aromatic nitrogens is 4. The zero-order chi connectivity index (χ0) is 23.4. The average molecular weight is 464 g/mol. The lowest BCUT2D eigenvalue weighted by Gasteiger charge is -2.13. The molecule has 0 saturated heterocycles. The Morgan fingerprint density at radius 3 is 2.55 bits per heavy atom. The van der Waals surface area contributed by atoms with Gasteiger partial charge < -0.3 is 10.1 Å². The lowest BCUT2D eigenvalue weighted by Crippen LogP contribution is -2.42. The minimum absolute atomic E-state index is 0.0165. The molecule has 4 rings (SSSR count). The first kappa shape index (κ1) is 22.3. The fourth-order valence-corrected chi connectivity index (χ4v) is 3.83. The number of anilines is 1. The summed E-state index contributed by atoms with van der Waals surface area (Å²) in [5, 5.41) is 2.79. The normalized spacial score (nSPS) is 10.8. The predicted molar refractivity (Wildman–Crippen MR) is 127 cm³/mol. The maximum Gasteiger partial charge on any atom is 0.333 e. The van der Waals surface area contributed by atoms with E-state index in [1.807, 2.05) is 24.5 Å². The van der Waals surface area contributed by atoms with Crippen LogP contribution in [0.5, 0.6) is 5.75 Å². The second kappa shape index (κ2) is 9.70. The van der Waals surface area contributed by atoms with E-state index in [-0.39, 0.29) is 24.3 Å². The number of hydrogen-bond donors (Lipinski definition) is 1. The number of methoxy groups -OCH3 is 1. The highest BCUT2D eigenvalue weighted by Gasteiger charge is 2.17. The number of carbonyl (C=O) groups is 1. The molecule has 2 aromatic heterocycles. The van der Waals surface area contributed by atoms with Gasteiger partial charge in [0.2, 0.25) is 5.91 Å². The van der Waals surface area contributed by atoms with Gasteiger partial charge >= 0.3 is 5.69 Å². The summed E-state index contributed by atoms with van der Waals surface area (Å²) in [5.74, 6) is 0.243. The van der Waals surface area contributed by atoms with E-state index in [2.05, 4.69) is 15.3 Å². The van der Waals surface area contributed by atoms with Crippen LogP contribution in [0, 0.1) is 0 Å². The van der Waals surface area contributed by atoms with Crippen LogP contribution in [0.1, 0.15) is 5.56 Å². The van der Waals surface area contributed by atoms with Crippen molar-refractivity contribution in [1.82, 2.24) is 19.1 Å². The molecule has 0 radical (unpaired) electrons. The number of amides is 1. The zero-order valence-corrected chi connectivity index (χ0v) is 18.8. The highest BCUT2D eigenvalue weighted by atomic mass is 32.2. The number of hydrogen-bond acceptors (Lipinski definition) is 7. The first-order valence-corrected chi connectivity index (χ1v) is 11.2. The first-order chi connectivity index (χ1) is 16.0. The second-order valence-corrected chi connectivity index (χ2v) is 8.00. The number of fused-ring (bicyclic) bond motifs is 1. The molecule has 168 valence electrons. The van der Waals surface area contributed by atoms with Crippen LogP contribution in [0.15, 0.2) is 75.4 Å². The smallest absolute Gasteiger partial charge is 0.333 e. The number of carbonyl (C=O) groups excluding carboxylic acids is 1. The summed E-state index contributed by atoms with van der Waals surface area (Å²) in [4.78, 5) is 48.3. The molecule has 0 bridgehead atoms. The quantitative estimate of drug-likeness (QED) is 0.419. The lowest BCUT2D eigenvalue weighted by molar-refractivity contribution is -0.116. The number of nitrogens with zero attached hydrogens (tertiary/aromatic N) is 4. The molecule has 33 heavy (non-hydrogen) atoms. The second-order valence-electron chi connectivity index (χ2n) is 7.12. The van der Waals surface area contributed by atoms with Gasteiger partial charge in [-0.1, -0.05) is 18.2 Å². The van der Waals surface area contributed by atoms with Crippen molar-refractivity contribution in [3.63, 3.8) is 0 Å². The number of rotatable bonds is 7. The van der Waals surface area contributed by atoms with Crippen molar-refractivity contribution in [3.05, 3.63) is 87.3 Å². The number of benzene rings is 2. The van der Waals surface area contributed by atoms with Crippen molar-refractivity contribution >= 4 is 34.5 Å². The van der Waals surface area contributed by atoms with Gasteiger partial charge in [-0.05, 0) is 42.2 Å². The molecule has 0 aliphatic rings. The molecular formula is C23H21N5O4S. The van der Waals surface area contributed by atoms with E-state index in [1.54, 1.807) is 49.2 Å². The van der Waals surface area contributed by atoms with Crippen LogP contribution >= 0.6 is 11.8 Å². The maximum atomic E-state index is 13.3. The van der Waals surface area contributed by atoms with Crippen LogP contribution in [-0.4, -0.2) is 38.4 Å². The monoisotopic (exact) mass is 463 g/mol. The molecule has 0 aliphatic heterocycles. The Hall–Kier alpha value is -3.92.